The summed E-state index contributed by atoms with van der Waals surface area (Å²) in [6, 6.07) is 21.2. The van der Waals surface area contributed by atoms with Crippen molar-refractivity contribution in [1.29, 1.82) is 5.26 Å². The van der Waals surface area contributed by atoms with E-state index in [0.717, 1.165) is 16.0 Å². The fraction of sp³-hybridized carbons (Fsp3) is 0.111. The Morgan fingerprint density at radius 3 is 2.38 bits per heavy atom. The van der Waals surface area contributed by atoms with Gasteiger partial charge in [-0.15, -0.1) is 0 Å². The van der Waals surface area contributed by atoms with Crippen LogP contribution in [0.3, 0.4) is 0 Å². The molecule has 0 saturated heterocycles. The monoisotopic (exact) mass is 452 g/mol. The highest BCUT2D eigenvalue weighted by Gasteiger charge is 2.35. The molecular weight excluding hydrogens is 432 g/mol. The second-order valence-corrected chi connectivity index (χ2v) is 7.62. The van der Waals surface area contributed by atoms with Crippen LogP contribution in [-0.4, -0.2) is 29.8 Å². The summed E-state index contributed by atoms with van der Waals surface area (Å²) in [6.45, 7) is 1.64. The number of amides is 2. The smallest absolute Gasteiger partial charge is 0.337 e. The molecule has 168 valence electrons. The van der Waals surface area contributed by atoms with Crippen molar-refractivity contribution in [3.63, 3.8) is 0 Å². The van der Waals surface area contributed by atoms with Crippen LogP contribution in [0, 0.1) is 11.3 Å². The highest BCUT2D eigenvalue weighted by Crippen LogP contribution is 2.30. The van der Waals surface area contributed by atoms with Crippen LogP contribution in [-0.2, 0) is 20.9 Å². The molecule has 0 radical (unpaired) electrons. The van der Waals surface area contributed by atoms with E-state index in [1.807, 2.05) is 36.4 Å². The average Bonchev–Trinajstić information content (AvgIpc) is 3.34. The molecule has 0 fully saturated rings. The van der Waals surface area contributed by atoms with Gasteiger partial charge in [-0.05, 0) is 48.4 Å². The van der Waals surface area contributed by atoms with Crippen molar-refractivity contribution >= 4 is 23.9 Å². The van der Waals surface area contributed by atoms with Gasteiger partial charge in [0.1, 0.15) is 23.2 Å². The maximum Gasteiger partial charge on any atom is 0.337 e. The largest absolute Gasteiger partial charge is 0.465 e. The van der Waals surface area contributed by atoms with E-state index in [2.05, 4.69) is 0 Å². The molecule has 7 heteroatoms. The normalized spacial score (nSPS) is 15.0. The van der Waals surface area contributed by atoms with Crippen LogP contribution < -0.4 is 0 Å². The van der Waals surface area contributed by atoms with Gasteiger partial charge in [-0.3, -0.25) is 14.5 Å². The first-order chi connectivity index (χ1) is 16.4. The molecule has 0 N–H and O–H groups in total. The summed E-state index contributed by atoms with van der Waals surface area (Å²) >= 11 is 0. The maximum absolute atomic E-state index is 13.2. The standard InChI is InChI=1S/C27H20N2O5/c1-17-22(25(30)29(26(31)23(17)15-28)16-18-6-4-3-5-7-18)14-21-12-13-24(34-21)19-8-10-20(11-9-19)27(32)33-2/h3-14H,16H2,1-2H3/b22-14+. The number of esters is 1. The third-order valence-corrected chi connectivity index (χ3v) is 5.51. The molecule has 2 amide bonds. The van der Waals surface area contributed by atoms with E-state index in [-0.39, 0.29) is 17.7 Å². The Morgan fingerprint density at radius 2 is 1.74 bits per heavy atom. The van der Waals surface area contributed by atoms with Crippen molar-refractivity contribution in [2.75, 3.05) is 7.11 Å². The summed E-state index contributed by atoms with van der Waals surface area (Å²) in [5.41, 5.74) is 2.37. The highest BCUT2D eigenvalue weighted by molar-refractivity contribution is 6.19. The number of methoxy groups -OCH3 is 1. The third kappa shape index (κ3) is 4.30. The fourth-order valence-electron chi connectivity index (χ4n) is 3.66. The molecule has 2 heterocycles. The van der Waals surface area contributed by atoms with Gasteiger partial charge < -0.3 is 9.15 Å². The average molecular weight is 452 g/mol. The lowest BCUT2D eigenvalue weighted by atomic mass is 9.94. The Morgan fingerprint density at radius 1 is 1.03 bits per heavy atom. The minimum atomic E-state index is -0.614. The van der Waals surface area contributed by atoms with Crippen molar-refractivity contribution in [3.05, 3.63) is 100 Å². The molecular formula is C27H20N2O5. The molecule has 1 aromatic heterocycles. The third-order valence-electron chi connectivity index (χ3n) is 5.51. The summed E-state index contributed by atoms with van der Waals surface area (Å²) in [5, 5.41) is 9.57. The molecule has 0 unspecified atom stereocenters. The van der Waals surface area contributed by atoms with Crippen molar-refractivity contribution in [2.24, 2.45) is 0 Å². The van der Waals surface area contributed by atoms with E-state index in [1.165, 1.54) is 13.2 Å². The van der Waals surface area contributed by atoms with Gasteiger partial charge in [-0.1, -0.05) is 42.5 Å². The lowest BCUT2D eigenvalue weighted by Gasteiger charge is -2.27. The SMILES string of the molecule is COC(=O)c1ccc(-c2ccc(/C=C3/C(=O)N(Cc4ccccc4)C(=O)C(C#N)=C3C)o2)cc1. The summed E-state index contributed by atoms with van der Waals surface area (Å²) in [6.07, 6.45) is 1.53. The Kier molecular flexibility index (Phi) is 6.24. The van der Waals surface area contributed by atoms with Gasteiger partial charge in [0.05, 0.1) is 19.2 Å². The molecule has 3 aromatic rings. The Bertz CT molecular complexity index is 1370. The number of nitriles is 1. The predicted octanol–water partition coefficient (Wildman–Crippen LogP) is 4.53. The molecule has 0 spiro atoms. The minimum Gasteiger partial charge on any atom is -0.465 e. The second-order valence-electron chi connectivity index (χ2n) is 7.62. The number of benzene rings is 2. The van der Waals surface area contributed by atoms with Gasteiger partial charge in [0.25, 0.3) is 11.8 Å². The number of hydrogen-bond acceptors (Lipinski definition) is 6. The number of nitrogens with zero attached hydrogens (tertiary/aromatic N) is 2. The number of furan rings is 1. The molecule has 0 bridgehead atoms. The number of carbonyl (C=O) groups excluding carboxylic acids is 3. The summed E-state index contributed by atoms with van der Waals surface area (Å²) in [7, 11) is 1.32. The van der Waals surface area contributed by atoms with Gasteiger partial charge in [0, 0.05) is 11.1 Å². The zero-order valence-electron chi connectivity index (χ0n) is 18.6. The summed E-state index contributed by atoms with van der Waals surface area (Å²) in [4.78, 5) is 38.7. The molecule has 2 aromatic carbocycles. The first-order valence-electron chi connectivity index (χ1n) is 10.4. The second kappa shape index (κ2) is 9.43. The van der Waals surface area contributed by atoms with Gasteiger partial charge in [-0.25, -0.2) is 4.79 Å². The van der Waals surface area contributed by atoms with Crippen LogP contribution in [0.5, 0.6) is 0 Å². The quantitative estimate of drug-likeness (QED) is 0.320. The summed E-state index contributed by atoms with van der Waals surface area (Å²) < 4.78 is 10.6. The van der Waals surface area contributed by atoms with Crippen LogP contribution in [0.25, 0.3) is 17.4 Å². The van der Waals surface area contributed by atoms with Crippen LogP contribution in [0.2, 0.25) is 0 Å². The molecule has 0 saturated carbocycles. The Labute approximate surface area is 196 Å². The zero-order valence-corrected chi connectivity index (χ0v) is 18.6. The lowest BCUT2D eigenvalue weighted by molar-refractivity contribution is -0.141. The molecule has 7 nitrogen and oxygen atoms in total. The van der Waals surface area contributed by atoms with Gasteiger partial charge in [-0.2, -0.15) is 5.26 Å². The first kappa shape index (κ1) is 22.5. The number of rotatable bonds is 5. The van der Waals surface area contributed by atoms with Crippen molar-refractivity contribution in [3.8, 4) is 17.4 Å². The van der Waals surface area contributed by atoms with Gasteiger partial charge in [0.2, 0.25) is 0 Å². The highest BCUT2D eigenvalue weighted by atomic mass is 16.5. The molecule has 4 rings (SSSR count). The minimum absolute atomic E-state index is 0.0598. The topological polar surface area (TPSA) is 101 Å². The Balaban J connectivity index is 1.66. The maximum atomic E-state index is 13.2. The van der Waals surface area contributed by atoms with E-state index in [1.54, 1.807) is 43.3 Å². The van der Waals surface area contributed by atoms with E-state index in [0.29, 0.717) is 22.7 Å². The number of hydrogen-bond donors (Lipinski definition) is 0. The van der Waals surface area contributed by atoms with E-state index in [9.17, 15) is 19.6 Å². The van der Waals surface area contributed by atoms with Gasteiger partial charge in [0.15, 0.2) is 0 Å². The van der Waals surface area contributed by atoms with E-state index < -0.39 is 17.8 Å². The molecule has 1 aliphatic heterocycles. The van der Waals surface area contributed by atoms with Crippen molar-refractivity contribution in [2.45, 2.75) is 13.5 Å². The fourth-order valence-corrected chi connectivity index (χ4v) is 3.66. The van der Waals surface area contributed by atoms with Crippen LogP contribution in [0.15, 0.2) is 87.9 Å². The molecule has 0 aliphatic carbocycles. The van der Waals surface area contributed by atoms with Crippen molar-refractivity contribution < 1.29 is 23.5 Å². The lowest BCUT2D eigenvalue weighted by Crippen LogP contribution is -2.42. The summed E-state index contributed by atoms with van der Waals surface area (Å²) in [5.74, 6) is -0.619. The number of ether oxygens (including phenoxy) is 1. The van der Waals surface area contributed by atoms with Crippen LogP contribution >= 0.6 is 0 Å². The first-order valence-corrected chi connectivity index (χ1v) is 10.4. The van der Waals surface area contributed by atoms with Crippen molar-refractivity contribution in [1.82, 2.24) is 4.90 Å². The molecule has 0 atom stereocenters. The van der Waals surface area contributed by atoms with E-state index in [4.69, 9.17) is 9.15 Å². The zero-order chi connectivity index (χ0) is 24.2. The number of carbonyl (C=O) groups is 3. The predicted molar refractivity (Wildman–Crippen MR) is 124 cm³/mol. The van der Waals surface area contributed by atoms with Crippen LogP contribution in [0.4, 0.5) is 0 Å². The Hall–Kier alpha value is -4.70. The number of imide groups is 1. The molecule has 1 aliphatic rings. The molecule has 34 heavy (non-hydrogen) atoms. The van der Waals surface area contributed by atoms with E-state index >= 15 is 0 Å². The van der Waals surface area contributed by atoms with Gasteiger partial charge >= 0.3 is 5.97 Å². The van der Waals surface area contributed by atoms with Crippen LogP contribution in [0.1, 0.15) is 28.6 Å².